The van der Waals surface area contributed by atoms with Crippen molar-refractivity contribution in [2.75, 3.05) is 74.4 Å². The lowest BCUT2D eigenvalue weighted by atomic mass is 10.4. The summed E-state index contributed by atoms with van der Waals surface area (Å²) in [5.41, 5.74) is 0. The van der Waals surface area contributed by atoms with E-state index in [0.717, 1.165) is 51.4 Å². The molecule has 0 aromatic rings. The Morgan fingerprint density at radius 2 is 1.41 bits per heavy atom. The van der Waals surface area contributed by atoms with Crippen LogP contribution < -0.4 is 10.6 Å². The van der Waals surface area contributed by atoms with Crippen LogP contribution in [-0.2, 0) is 22.1 Å². The van der Waals surface area contributed by atoms with Crippen LogP contribution in [0.25, 0.3) is 0 Å². The third-order valence-corrected chi connectivity index (χ3v) is 15.0. The van der Waals surface area contributed by atoms with Crippen molar-refractivity contribution in [3.8, 4) is 0 Å². The van der Waals surface area contributed by atoms with E-state index in [1.54, 1.807) is 35.5 Å². The quantitative estimate of drug-likeness (QED) is 0.212. The van der Waals surface area contributed by atoms with E-state index in [0.29, 0.717) is 0 Å². The number of hydrogen-bond donors (Lipinski definition) is 2. The molecule has 0 heterocycles. The predicted octanol–water partition coefficient (Wildman–Crippen LogP) is 0.647. The van der Waals surface area contributed by atoms with Crippen LogP contribution in [0.5, 0.6) is 0 Å². The van der Waals surface area contributed by atoms with Crippen molar-refractivity contribution in [3.63, 3.8) is 0 Å². The van der Waals surface area contributed by atoms with Crippen LogP contribution in [0.4, 0.5) is 0 Å². The molecule has 0 bridgehead atoms. The van der Waals surface area contributed by atoms with Gasteiger partial charge in [-0.25, -0.2) is 0 Å². The van der Waals surface area contributed by atoms with E-state index in [1.807, 2.05) is 0 Å². The summed E-state index contributed by atoms with van der Waals surface area (Å²) < 4.78 is 27.9. The Labute approximate surface area is 183 Å². The van der Waals surface area contributed by atoms with Crippen molar-refractivity contribution >= 4 is 26.9 Å². The van der Waals surface area contributed by atoms with Crippen LogP contribution in [0.15, 0.2) is 11.0 Å². The summed E-state index contributed by atoms with van der Waals surface area (Å²) >= 11 is 0. The zero-order valence-corrected chi connectivity index (χ0v) is 23.3. The lowest BCUT2D eigenvalue weighted by Gasteiger charge is -2.28. The largest absolute Gasteiger partial charge is 0.500 e. The molecule has 174 valence electrons. The molecule has 0 radical (unpaired) electrons. The van der Waals surface area contributed by atoms with Crippen LogP contribution in [0.2, 0.25) is 12.6 Å². The molecule has 0 saturated carbocycles. The minimum atomic E-state index is -2.44. The summed E-state index contributed by atoms with van der Waals surface area (Å²) in [7, 11) is 3.34. The summed E-state index contributed by atoms with van der Waals surface area (Å²) in [4.78, 5) is 3.74. The van der Waals surface area contributed by atoms with Gasteiger partial charge in [-0.15, -0.1) is 0 Å². The fraction of sp³-hybridized carbons (Fsp3) is 0.889. The van der Waals surface area contributed by atoms with Gasteiger partial charge in [0, 0.05) is 67.8 Å². The van der Waals surface area contributed by atoms with E-state index in [9.17, 15) is 0 Å². The van der Waals surface area contributed by atoms with Gasteiger partial charge in [0.1, 0.15) is 0 Å². The zero-order valence-electron chi connectivity index (χ0n) is 19.9. The molecule has 11 heteroatoms. The highest BCUT2D eigenvalue weighted by Gasteiger charge is 2.36. The molecule has 0 aliphatic rings. The summed E-state index contributed by atoms with van der Waals surface area (Å²) in [6, 6.07) is 0.820. The summed E-state index contributed by atoms with van der Waals surface area (Å²) in [6.07, 6.45) is 4.30. The van der Waals surface area contributed by atoms with Gasteiger partial charge >= 0.3 is 17.4 Å². The molecule has 29 heavy (non-hydrogen) atoms. The van der Waals surface area contributed by atoms with E-state index in [2.05, 4.69) is 42.1 Å². The van der Waals surface area contributed by atoms with Crippen molar-refractivity contribution < 1.29 is 22.1 Å². The maximum Gasteiger partial charge on any atom is 0.500 e. The van der Waals surface area contributed by atoms with Crippen molar-refractivity contribution in [3.05, 3.63) is 11.0 Å². The molecule has 0 amide bonds. The van der Waals surface area contributed by atoms with Gasteiger partial charge in [-0.2, -0.15) is 0 Å². The number of nitrogens with zero attached hydrogens (tertiary/aromatic N) is 1. The van der Waals surface area contributed by atoms with Gasteiger partial charge in [0.15, 0.2) is 0 Å². The molecule has 0 aliphatic heterocycles. The van der Waals surface area contributed by atoms with E-state index in [-0.39, 0.29) is 0 Å². The normalized spacial score (nSPS) is 13.6. The average molecular weight is 468 g/mol. The van der Waals surface area contributed by atoms with Crippen LogP contribution in [0, 0.1) is 0 Å². The molecule has 0 rings (SSSR count). The molecule has 0 aromatic heterocycles. The molecule has 0 spiro atoms. The van der Waals surface area contributed by atoms with Gasteiger partial charge < -0.3 is 37.7 Å². The maximum absolute atomic E-state index is 5.81. The molecule has 0 aliphatic carbocycles. The Morgan fingerprint density at radius 3 is 1.90 bits per heavy atom. The van der Waals surface area contributed by atoms with Gasteiger partial charge in [0.05, 0.1) is 9.52 Å². The fourth-order valence-electron chi connectivity index (χ4n) is 3.02. The Hall–Kier alpha value is -0.0894. The van der Waals surface area contributed by atoms with Gasteiger partial charge in [-0.05, 0) is 50.5 Å². The molecule has 0 atom stereocenters. The van der Waals surface area contributed by atoms with E-state index in [4.69, 9.17) is 22.1 Å². The van der Waals surface area contributed by atoms with Crippen LogP contribution in [-0.4, -0.2) is 106 Å². The molecule has 0 unspecified atom stereocenters. The zero-order chi connectivity index (χ0) is 22.2. The maximum atomic E-state index is 5.81. The molecule has 0 saturated heterocycles. The first kappa shape index (κ1) is 28.9. The Balaban J connectivity index is 4.25. The lowest BCUT2D eigenvalue weighted by Crippen LogP contribution is -2.45. The van der Waals surface area contributed by atoms with Crippen LogP contribution >= 0.6 is 0 Å². The van der Waals surface area contributed by atoms with Crippen molar-refractivity contribution in [2.24, 2.45) is 0 Å². The Bertz CT molecular complexity index is 427. The van der Waals surface area contributed by atoms with Crippen molar-refractivity contribution in [1.82, 2.24) is 15.5 Å². The van der Waals surface area contributed by atoms with Crippen LogP contribution in [0.3, 0.4) is 0 Å². The molecule has 8 nitrogen and oxygen atoms in total. The molecule has 0 fully saturated rings. The second-order valence-electron chi connectivity index (χ2n) is 6.88. The third-order valence-electron chi connectivity index (χ3n) is 5.33. The fourth-order valence-corrected chi connectivity index (χ4v) is 9.99. The van der Waals surface area contributed by atoms with E-state index >= 15 is 0 Å². The van der Waals surface area contributed by atoms with Gasteiger partial charge in [-0.3, -0.25) is 0 Å². The topological polar surface area (TPSA) is 73.5 Å². The number of nitrogens with one attached hydrogen (secondary N) is 2. The summed E-state index contributed by atoms with van der Waals surface area (Å²) in [5.74, 6) is 0. The molecular formula is C18H45N3O5Si3. The highest BCUT2D eigenvalue weighted by molar-refractivity contribution is 6.86. The predicted molar refractivity (Wildman–Crippen MR) is 127 cm³/mol. The first-order chi connectivity index (χ1) is 13.9. The molecule has 0 aromatic carbocycles. The second kappa shape index (κ2) is 16.6. The highest BCUT2D eigenvalue weighted by Crippen LogP contribution is 2.16. The van der Waals surface area contributed by atoms with Crippen molar-refractivity contribution in [2.45, 2.75) is 32.9 Å². The minimum absolute atomic E-state index is 0.486. The van der Waals surface area contributed by atoms with E-state index in [1.165, 1.54) is 4.82 Å². The summed E-state index contributed by atoms with van der Waals surface area (Å²) in [5, 5.41) is 7.04. The Morgan fingerprint density at radius 1 is 0.862 bits per heavy atom. The third kappa shape index (κ3) is 10.7. The number of rotatable bonds is 19. The lowest BCUT2D eigenvalue weighted by molar-refractivity contribution is 0.123. The van der Waals surface area contributed by atoms with Gasteiger partial charge in [-0.1, -0.05) is 0 Å². The molecular weight excluding hydrogens is 422 g/mol. The van der Waals surface area contributed by atoms with Gasteiger partial charge in [0.25, 0.3) is 0 Å². The first-order valence-corrected chi connectivity index (χ1v) is 16.5. The second-order valence-corrected chi connectivity index (χ2v) is 15.8. The van der Waals surface area contributed by atoms with E-state index < -0.39 is 26.9 Å². The Kier molecular flexibility index (Phi) is 16.5. The first-order valence-electron chi connectivity index (χ1n) is 10.5. The number of hydrogen-bond acceptors (Lipinski definition) is 8. The van der Waals surface area contributed by atoms with Crippen LogP contribution in [0.1, 0.15) is 20.3 Å². The minimum Gasteiger partial charge on any atom is -0.395 e. The average Bonchev–Trinajstić information content (AvgIpc) is 2.77. The smallest absolute Gasteiger partial charge is 0.395 e. The van der Waals surface area contributed by atoms with Crippen molar-refractivity contribution in [1.29, 1.82) is 0 Å². The standard InChI is InChI=1S/C18H45N3O5Si3/c1-9-21(10-2)16-18(28(8,22-3)23-4)27-17-20-14-13-19-12-11-15-29(24-5,25-6)26-7/h16,19-20H,9-15,17,27H2,1-8H3. The molecule has 2 N–H and O–H groups in total. The van der Waals surface area contributed by atoms with Gasteiger partial charge in [0.2, 0.25) is 0 Å². The highest BCUT2D eigenvalue weighted by atomic mass is 28.4. The monoisotopic (exact) mass is 467 g/mol. The summed E-state index contributed by atoms with van der Waals surface area (Å²) in [6.45, 7) is 11.3. The SMILES string of the molecule is CCN(C=C([SiH2]CNCCNCCC[Si](OC)(OC)OC)[Si](C)(OC)OC)CC.